The van der Waals surface area contributed by atoms with E-state index in [0.717, 1.165) is 26.2 Å². The molecule has 1 N–H and O–H groups in total. The van der Waals surface area contributed by atoms with Crippen molar-refractivity contribution in [2.75, 3.05) is 52.2 Å². The van der Waals surface area contributed by atoms with E-state index in [-0.39, 0.29) is 11.7 Å². The third-order valence-electron chi connectivity index (χ3n) is 4.78. The summed E-state index contributed by atoms with van der Waals surface area (Å²) < 4.78 is 5.22. The van der Waals surface area contributed by atoms with Crippen LogP contribution in [0.4, 0.5) is 5.69 Å². The van der Waals surface area contributed by atoms with E-state index in [1.54, 1.807) is 42.5 Å². The molecule has 0 bridgehead atoms. The van der Waals surface area contributed by atoms with Gasteiger partial charge in [-0.25, -0.2) is 0 Å². The highest BCUT2D eigenvalue weighted by molar-refractivity contribution is 6.06. The molecule has 6 heteroatoms. The highest BCUT2D eigenvalue weighted by Crippen LogP contribution is 2.19. The maximum absolute atomic E-state index is 12.5. The molecule has 0 atom stereocenters. The van der Waals surface area contributed by atoms with Crippen molar-refractivity contribution in [2.24, 2.45) is 0 Å². The van der Waals surface area contributed by atoms with E-state index < -0.39 is 0 Å². The van der Waals surface area contributed by atoms with Crippen LogP contribution in [0, 0.1) is 0 Å². The first kappa shape index (κ1) is 19.1. The van der Waals surface area contributed by atoms with Crippen LogP contribution in [0.25, 0.3) is 0 Å². The predicted molar refractivity (Wildman–Crippen MR) is 106 cm³/mol. The Kier molecular flexibility index (Phi) is 6.21. The molecule has 1 fully saturated rings. The normalized spacial score (nSPS) is 15.3. The van der Waals surface area contributed by atoms with E-state index >= 15 is 0 Å². The lowest BCUT2D eigenvalue weighted by Gasteiger charge is -2.31. The van der Waals surface area contributed by atoms with E-state index in [1.807, 2.05) is 6.07 Å². The van der Waals surface area contributed by atoms with E-state index in [0.29, 0.717) is 29.1 Å². The maximum atomic E-state index is 12.5. The van der Waals surface area contributed by atoms with Gasteiger partial charge in [-0.1, -0.05) is 12.1 Å². The number of nitrogens with one attached hydrogen (secondary N) is 1. The standard InChI is InChI=1S/C21H25N3O3/c1-23-11-13-24(14-12-23)15-19(25)16-7-9-17(10-8-16)22-21(26)18-5-3-4-6-20(18)27-2/h3-10H,11-15H2,1-2H3,(H,22,26). The zero-order chi connectivity index (χ0) is 19.2. The molecule has 142 valence electrons. The van der Waals surface area contributed by atoms with Crippen molar-refractivity contribution in [3.63, 3.8) is 0 Å². The van der Waals surface area contributed by atoms with Gasteiger partial charge in [0.2, 0.25) is 0 Å². The molecule has 1 heterocycles. The number of piperazine rings is 1. The number of ether oxygens (including phenoxy) is 1. The van der Waals surface area contributed by atoms with E-state index in [9.17, 15) is 9.59 Å². The highest BCUT2D eigenvalue weighted by Gasteiger charge is 2.17. The van der Waals surface area contributed by atoms with E-state index in [4.69, 9.17) is 4.74 Å². The summed E-state index contributed by atoms with van der Waals surface area (Å²) in [6, 6.07) is 14.1. The molecule has 1 amide bonds. The van der Waals surface area contributed by atoms with Crippen LogP contribution in [0.15, 0.2) is 48.5 Å². The van der Waals surface area contributed by atoms with E-state index in [2.05, 4.69) is 22.2 Å². The Hall–Kier alpha value is -2.70. The van der Waals surface area contributed by atoms with Crippen molar-refractivity contribution < 1.29 is 14.3 Å². The summed E-state index contributed by atoms with van der Waals surface area (Å²) in [5.41, 5.74) is 1.77. The molecule has 0 unspecified atom stereocenters. The minimum Gasteiger partial charge on any atom is -0.496 e. The fourth-order valence-corrected chi connectivity index (χ4v) is 3.07. The molecule has 1 aliphatic heterocycles. The van der Waals surface area contributed by atoms with Crippen molar-refractivity contribution in [3.8, 4) is 5.75 Å². The summed E-state index contributed by atoms with van der Waals surface area (Å²) >= 11 is 0. The van der Waals surface area contributed by atoms with Gasteiger partial charge in [-0.15, -0.1) is 0 Å². The number of rotatable bonds is 6. The van der Waals surface area contributed by atoms with Crippen molar-refractivity contribution in [3.05, 3.63) is 59.7 Å². The number of carbonyl (C=O) groups is 2. The van der Waals surface area contributed by atoms with Crippen molar-refractivity contribution in [2.45, 2.75) is 0 Å². The molecular weight excluding hydrogens is 342 g/mol. The molecule has 0 spiro atoms. The second-order valence-corrected chi connectivity index (χ2v) is 6.73. The Morgan fingerprint density at radius 2 is 1.67 bits per heavy atom. The van der Waals surface area contributed by atoms with Crippen LogP contribution in [0.5, 0.6) is 5.75 Å². The average Bonchev–Trinajstić information content (AvgIpc) is 2.70. The van der Waals surface area contributed by atoms with Crippen LogP contribution in [-0.4, -0.2) is 68.4 Å². The fourth-order valence-electron chi connectivity index (χ4n) is 3.07. The second kappa shape index (κ2) is 8.79. The average molecular weight is 367 g/mol. The van der Waals surface area contributed by atoms with Crippen LogP contribution < -0.4 is 10.1 Å². The Bertz CT molecular complexity index is 797. The molecule has 0 saturated carbocycles. The first-order valence-corrected chi connectivity index (χ1v) is 9.05. The number of benzene rings is 2. The number of ketones is 1. The van der Waals surface area contributed by atoms with Crippen molar-refractivity contribution in [1.82, 2.24) is 9.80 Å². The van der Waals surface area contributed by atoms with Crippen molar-refractivity contribution in [1.29, 1.82) is 0 Å². The number of likely N-dealkylation sites (N-methyl/N-ethyl adjacent to an activating group) is 1. The maximum Gasteiger partial charge on any atom is 0.259 e. The molecule has 2 aromatic carbocycles. The van der Waals surface area contributed by atoms with Gasteiger partial charge in [-0.3, -0.25) is 14.5 Å². The third-order valence-corrected chi connectivity index (χ3v) is 4.78. The molecule has 2 aromatic rings. The lowest BCUT2D eigenvalue weighted by atomic mass is 10.1. The van der Waals surface area contributed by atoms with Gasteiger partial charge in [0, 0.05) is 37.4 Å². The summed E-state index contributed by atoms with van der Waals surface area (Å²) in [7, 11) is 3.63. The minimum absolute atomic E-state index is 0.0992. The number of para-hydroxylation sites is 1. The number of hydrogen-bond donors (Lipinski definition) is 1. The SMILES string of the molecule is COc1ccccc1C(=O)Nc1ccc(C(=O)CN2CCN(C)CC2)cc1. The Morgan fingerprint density at radius 3 is 2.33 bits per heavy atom. The largest absolute Gasteiger partial charge is 0.496 e. The molecule has 0 aromatic heterocycles. The summed E-state index contributed by atoms with van der Waals surface area (Å²) in [5, 5.41) is 2.84. The van der Waals surface area contributed by atoms with E-state index in [1.165, 1.54) is 7.11 Å². The first-order valence-electron chi connectivity index (χ1n) is 9.05. The summed E-state index contributed by atoms with van der Waals surface area (Å²) in [4.78, 5) is 29.4. The number of amides is 1. The monoisotopic (exact) mass is 367 g/mol. The Labute approximate surface area is 159 Å². The van der Waals surface area contributed by atoms with Gasteiger partial charge in [0.1, 0.15) is 5.75 Å². The zero-order valence-corrected chi connectivity index (χ0v) is 15.8. The van der Waals surface area contributed by atoms with Crippen LogP contribution in [-0.2, 0) is 0 Å². The van der Waals surface area contributed by atoms with Crippen LogP contribution >= 0.6 is 0 Å². The molecule has 1 saturated heterocycles. The number of anilines is 1. The van der Waals surface area contributed by atoms with Crippen molar-refractivity contribution >= 4 is 17.4 Å². The molecule has 1 aliphatic rings. The number of hydrogen-bond acceptors (Lipinski definition) is 5. The van der Waals surface area contributed by atoms with Crippen LogP contribution in [0.2, 0.25) is 0 Å². The van der Waals surface area contributed by atoms with Gasteiger partial charge >= 0.3 is 0 Å². The molecule has 27 heavy (non-hydrogen) atoms. The molecular formula is C21H25N3O3. The molecule has 0 radical (unpaired) electrons. The third kappa shape index (κ3) is 4.93. The van der Waals surface area contributed by atoms with Gasteiger partial charge in [0.15, 0.2) is 5.78 Å². The number of nitrogens with zero attached hydrogens (tertiary/aromatic N) is 2. The smallest absolute Gasteiger partial charge is 0.259 e. The molecule has 3 rings (SSSR count). The number of methoxy groups -OCH3 is 1. The van der Waals surface area contributed by atoms with Gasteiger partial charge in [0.25, 0.3) is 5.91 Å². The first-order chi connectivity index (χ1) is 13.1. The number of Topliss-reactive ketones (excluding diaryl/α,β-unsaturated/α-hetero) is 1. The molecule has 0 aliphatic carbocycles. The van der Waals surface area contributed by atoms with Gasteiger partial charge < -0.3 is 15.0 Å². The number of carbonyl (C=O) groups excluding carboxylic acids is 2. The predicted octanol–water partition coefficient (Wildman–Crippen LogP) is 2.38. The van der Waals surface area contributed by atoms with Gasteiger partial charge in [-0.2, -0.15) is 0 Å². The Morgan fingerprint density at radius 1 is 1.00 bits per heavy atom. The van der Waals surface area contributed by atoms with Crippen LogP contribution in [0.3, 0.4) is 0 Å². The zero-order valence-electron chi connectivity index (χ0n) is 15.8. The minimum atomic E-state index is -0.246. The topological polar surface area (TPSA) is 61.9 Å². The summed E-state index contributed by atoms with van der Waals surface area (Å²) in [6.45, 7) is 4.23. The van der Waals surface area contributed by atoms with Crippen LogP contribution in [0.1, 0.15) is 20.7 Å². The second-order valence-electron chi connectivity index (χ2n) is 6.73. The quantitative estimate of drug-likeness (QED) is 0.795. The summed E-state index contributed by atoms with van der Waals surface area (Å²) in [5.74, 6) is 0.375. The lowest BCUT2D eigenvalue weighted by Crippen LogP contribution is -2.46. The Balaban J connectivity index is 1.60. The molecule has 6 nitrogen and oxygen atoms in total. The summed E-state index contributed by atoms with van der Waals surface area (Å²) in [6.07, 6.45) is 0. The van der Waals surface area contributed by atoms with Gasteiger partial charge in [0.05, 0.1) is 19.2 Å². The lowest BCUT2D eigenvalue weighted by molar-refractivity contribution is 0.0876. The van der Waals surface area contributed by atoms with Gasteiger partial charge in [-0.05, 0) is 43.4 Å². The highest BCUT2D eigenvalue weighted by atomic mass is 16.5. The fraction of sp³-hybridized carbons (Fsp3) is 0.333.